The number of ether oxygens (including phenoxy) is 1. The summed E-state index contributed by atoms with van der Waals surface area (Å²) in [6, 6.07) is 6.57. The highest BCUT2D eigenvalue weighted by Crippen LogP contribution is 2.27. The van der Waals surface area contributed by atoms with Gasteiger partial charge >= 0.3 is 0 Å². The Morgan fingerprint density at radius 2 is 2.25 bits per heavy atom. The number of hydrogen-bond donors (Lipinski definition) is 2. The third-order valence-corrected chi connectivity index (χ3v) is 2.53. The van der Waals surface area contributed by atoms with Gasteiger partial charge in [-0.3, -0.25) is 4.79 Å². The highest BCUT2D eigenvalue weighted by molar-refractivity contribution is 7.17. The summed E-state index contributed by atoms with van der Waals surface area (Å²) in [5.74, 6) is 0.00903. The Morgan fingerprint density at radius 3 is 2.88 bits per heavy atom. The standard InChI is InChI=1S/C10H9N3O2S/c11-8-5-13-10(16-8)15-7-3-1-2-6(4-7)9(12)14/h1-5H,11H2,(H2,12,14). The van der Waals surface area contributed by atoms with E-state index in [4.69, 9.17) is 16.2 Å². The van der Waals surface area contributed by atoms with Crippen molar-refractivity contribution in [2.75, 3.05) is 5.73 Å². The second-order valence-corrected chi connectivity index (χ2v) is 4.05. The number of nitrogens with zero attached hydrogens (tertiary/aromatic N) is 1. The molecule has 0 radical (unpaired) electrons. The van der Waals surface area contributed by atoms with E-state index in [0.717, 1.165) is 0 Å². The summed E-state index contributed by atoms with van der Waals surface area (Å²) < 4.78 is 5.41. The molecule has 0 saturated carbocycles. The average Bonchev–Trinajstić information content (AvgIpc) is 2.64. The minimum Gasteiger partial charge on any atom is -0.431 e. The fourth-order valence-corrected chi connectivity index (χ4v) is 1.68. The molecule has 16 heavy (non-hydrogen) atoms. The molecule has 0 saturated heterocycles. The van der Waals surface area contributed by atoms with E-state index in [2.05, 4.69) is 4.98 Å². The number of primary amides is 1. The Bertz CT molecular complexity index is 524. The number of amides is 1. The fourth-order valence-electron chi connectivity index (χ4n) is 1.13. The summed E-state index contributed by atoms with van der Waals surface area (Å²) in [4.78, 5) is 14.9. The van der Waals surface area contributed by atoms with Crippen molar-refractivity contribution in [3.63, 3.8) is 0 Å². The maximum Gasteiger partial charge on any atom is 0.280 e. The lowest BCUT2D eigenvalue weighted by molar-refractivity contribution is 0.1000. The Balaban J connectivity index is 2.21. The minimum atomic E-state index is -0.496. The topological polar surface area (TPSA) is 91.2 Å². The van der Waals surface area contributed by atoms with E-state index in [0.29, 0.717) is 21.5 Å². The van der Waals surface area contributed by atoms with Gasteiger partial charge in [0.1, 0.15) is 10.8 Å². The lowest BCUT2D eigenvalue weighted by Crippen LogP contribution is -2.10. The first-order chi connectivity index (χ1) is 7.65. The summed E-state index contributed by atoms with van der Waals surface area (Å²) in [6.45, 7) is 0. The van der Waals surface area contributed by atoms with Crippen LogP contribution in [-0.2, 0) is 0 Å². The Kier molecular flexibility index (Phi) is 2.74. The monoisotopic (exact) mass is 235 g/mol. The summed E-state index contributed by atoms with van der Waals surface area (Å²) in [5, 5.41) is 1.00. The van der Waals surface area contributed by atoms with Crippen molar-refractivity contribution < 1.29 is 9.53 Å². The van der Waals surface area contributed by atoms with Crippen molar-refractivity contribution >= 4 is 22.2 Å². The van der Waals surface area contributed by atoms with Crippen LogP contribution >= 0.6 is 11.3 Å². The number of hydrogen-bond acceptors (Lipinski definition) is 5. The number of thiazole rings is 1. The zero-order valence-corrected chi connectivity index (χ0v) is 9.03. The molecule has 0 spiro atoms. The molecule has 1 amide bonds. The molecule has 0 atom stereocenters. The number of nitrogen functional groups attached to an aromatic ring is 1. The molecule has 2 rings (SSSR count). The van der Waals surface area contributed by atoms with Crippen LogP contribution in [0.15, 0.2) is 30.5 Å². The molecular weight excluding hydrogens is 226 g/mol. The highest BCUT2D eigenvalue weighted by atomic mass is 32.1. The number of carbonyl (C=O) groups excluding carboxylic acids is 1. The van der Waals surface area contributed by atoms with Crippen molar-refractivity contribution in [2.24, 2.45) is 5.73 Å². The van der Waals surface area contributed by atoms with Crippen molar-refractivity contribution in [3.05, 3.63) is 36.0 Å². The predicted octanol–water partition coefficient (Wildman–Crippen LogP) is 1.62. The van der Waals surface area contributed by atoms with E-state index >= 15 is 0 Å². The number of nitrogens with two attached hydrogens (primary N) is 2. The van der Waals surface area contributed by atoms with Crippen molar-refractivity contribution in [2.45, 2.75) is 0 Å². The molecule has 2 aromatic rings. The molecule has 0 bridgehead atoms. The molecule has 4 N–H and O–H groups in total. The Morgan fingerprint density at radius 1 is 1.44 bits per heavy atom. The van der Waals surface area contributed by atoms with Crippen LogP contribution in [0.1, 0.15) is 10.4 Å². The zero-order valence-electron chi connectivity index (χ0n) is 8.21. The molecule has 0 aliphatic rings. The molecule has 5 nitrogen and oxygen atoms in total. The first kappa shape index (κ1) is 10.4. The van der Waals surface area contributed by atoms with Gasteiger partial charge < -0.3 is 16.2 Å². The molecule has 0 aliphatic heterocycles. The normalized spacial score (nSPS) is 10.0. The van der Waals surface area contributed by atoms with Crippen LogP contribution in [0.25, 0.3) is 0 Å². The van der Waals surface area contributed by atoms with Gasteiger partial charge in [0.25, 0.3) is 5.19 Å². The van der Waals surface area contributed by atoms with Crippen molar-refractivity contribution in [1.29, 1.82) is 0 Å². The van der Waals surface area contributed by atoms with Gasteiger partial charge in [-0.25, -0.2) is 4.98 Å². The summed E-state index contributed by atoms with van der Waals surface area (Å²) in [5.41, 5.74) is 11.1. The number of rotatable bonds is 3. The van der Waals surface area contributed by atoms with E-state index in [9.17, 15) is 4.79 Å². The van der Waals surface area contributed by atoms with E-state index < -0.39 is 5.91 Å². The lowest BCUT2D eigenvalue weighted by Gasteiger charge is -2.02. The number of carbonyl (C=O) groups is 1. The number of benzene rings is 1. The molecule has 1 aromatic heterocycles. The van der Waals surface area contributed by atoms with Gasteiger partial charge in [0.2, 0.25) is 5.91 Å². The first-order valence-electron chi connectivity index (χ1n) is 4.44. The zero-order chi connectivity index (χ0) is 11.5. The van der Waals surface area contributed by atoms with Crippen molar-refractivity contribution in [1.82, 2.24) is 4.98 Å². The largest absolute Gasteiger partial charge is 0.431 e. The third kappa shape index (κ3) is 2.29. The number of anilines is 1. The molecule has 1 aromatic carbocycles. The summed E-state index contributed by atoms with van der Waals surface area (Å²) in [6.07, 6.45) is 1.51. The van der Waals surface area contributed by atoms with Crippen LogP contribution in [0.2, 0.25) is 0 Å². The quantitative estimate of drug-likeness (QED) is 0.845. The maximum absolute atomic E-state index is 10.9. The molecule has 0 fully saturated rings. The van der Waals surface area contributed by atoms with Crippen LogP contribution in [0.4, 0.5) is 5.00 Å². The third-order valence-electron chi connectivity index (χ3n) is 1.83. The average molecular weight is 235 g/mol. The van der Waals surface area contributed by atoms with Gasteiger partial charge in [-0.2, -0.15) is 0 Å². The molecule has 6 heteroatoms. The van der Waals surface area contributed by atoms with Crippen LogP contribution in [0, 0.1) is 0 Å². The van der Waals surface area contributed by atoms with E-state index in [1.807, 2.05) is 0 Å². The molecule has 0 unspecified atom stereocenters. The molecule has 0 aliphatic carbocycles. The second-order valence-electron chi connectivity index (χ2n) is 3.02. The fraction of sp³-hybridized carbons (Fsp3) is 0. The van der Waals surface area contributed by atoms with Gasteiger partial charge in [-0.05, 0) is 18.2 Å². The van der Waals surface area contributed by atoms with Crippen LogP contribution in [-0.4, -0.2) is 10.9 Å². The SMILES string of the molecule is NC(=O)c1cccc(Oc2ncc(N)s2)c1. The highest BCUT2D eigenvalue weighted by Gasteiger charge is 2.05. The van der Waals surface area contributed by atoms with Crippen LogP contribution < -0.4 is 16.2 Å². The summed E-state index contributed by atoms with van der Waals surface area (Å²) >= 11 is 1.23. The lowest BCUT2D eigenvalue weighted by atomic mass is 10.2. The van der Waals surface area contributed by atoms with E-state index in [1.165, 1.54) is 17.5 Å². The molecule has 82 valence electrons. The molecule has 1 heterocycles. The van der Waals surface area contributed by atoms with Crippen molar-refractivity contribution in [3.8, 4) is 10.9 Å². The van der Waals surface area contributed by atoms with E-state index in [-0.39, 0.29) is 0 Å². The smallest absolute Gasteiger partial charge is 0.280 e. The van der Waals surface area contributed by atoms with Gasteiger partial charge in [0.15, 0.2) is 0 Å². The van der Waals surface area contributed by atoms with Gasteiger partial charge in [0.05, 0.1) is 6.20 Å². The minimum absolute atomic E-state index is 0.391. The maximum atomic E-state index is 10.9. The van der Waals surface area contributed by atoms with Crippen LogP contribution in [0.3, 0.4) is 0 Å². The summed E-state index contributed by atoms with van der Waals surface area (Å²) in [7, 11) is 0. The number of aromatic nitrogens is 1. The predicted molar refractivity (Wildman–Crippen MR) is 61.6 cm³/mol. The van der Waals surface area contributed by atoms with E-state index in [1.54, 1.807) is 24.3 Å². The molecular formula is C10H9N3O2S. The second kappa shape index (κ2) is 4.19. The van der Waals surface area contributed by atoms with Gasteiger partial charge in [0, 0.05) is 5.56 Å². The Labute approximate surface area is 95.7 Å². The Hall–Kier alpha value is -2.08. The first-order valence-corrected chi connectivity index (χ1v) is 5.26. The van der Waals surface area contributed by atoms with Gasteiger partial charge in [-0.15, -0.1) is 0 Å². The van der Waals surface area contributed by atoms with Gasteiger partial charge in [-0.1, -0.05) is 17.4 Å². The van der Waals surface area contributed by atoms with Crippen LogP contribution in [0.5, 0.6) is 10.9 Å².